The third-order valence-corrected chi connectivity index (χ3v) is 17.3. The van der Waals surface area contributed by atoms with Gasteiger partial charge in [0.15, 0.2) is 17.4 Å². The molecule has 0 aromatic rings. The number of carbonyl (C=O) groups is 1. The van der Waals surface area contributed by atoms with Crippen LogP contribution in [0.5, 0.6) is 0 Å². The van der Waals surface area contributed by atoms with Gasteiger partial charge in [0, 0.05) is 36.5 Å². The molecule has 0 aromatic heterocycles. The Hall–Kier alpha value is -1.01. The predicted octanol–water partition coefficient (Wildman–Crippen LogP) is 5.68. The van der Waals surface area contributed by atoms with E-state index in [-0.39, 0.29) is 60.2 Å². The van der Waals surface area contributed by atoms with Crippen LogP contribution in [0.3, 0.4) is 0 Å². The van der Waals surface area contributed by atoms with Crippen molar-refractivity contribution in [2.24, 2.45) is 47.3 Å². The molecule has 0 saturated carbocycles. The molecule has 0 spiro atoms. The zero-order valence-corrected chi connectivity index (χ0v) is 39.8. The van der Waals surface area contributed by atoms with Gasteiger partial charge < -0.3 is 64.2 Å². The molecule has 0 aromatic carbocycles. The van der Waals surface area contributed by atoms with E-state index in [0.717, 1.165) is 6.42 Å². The molecule has 0 unspecified atom stereocenters. The lowest BCUT2D eigenvalue weighted by atomic mass is 9.75. The third-order valence-electron chi connectivity index (χ3n) is 17.3. The van der Waals surface area contributed by atoms with E-state index in [0.29, 0.717) is 64.2 Å². The van der Waals surface area contributed by atoms with Crippen LogP contribution < -0.4 is 0 Å². The second-order valence-electron chi connectivity index (χ2n) is 22.3. The molecule has 0 radical (unpaired) electrons. The van der Waals surface area contributed by atoms with Gasteiger partial charge in [-0.05, 0) is 110 Å². The molecule has 6 fully saturated rings. The Bertz CT molecular complexity index is 1550. The second kappa shape index (κ2) is 18.2. The molecule has 6 heterocycles. The van der Waals surface area contributed by atoms with E-state index in [1.54, 1.807) is 20.8 Å². The van der Waals surface area contributed by atoms with Gasteiger partial charge in [-0.3, -0.25) is 4.79 Å². The van der Waals surface area contributed by atoms with Gasteiger partial charge in [0.1, 0.15) is 11.7 Å². The van der Waals surface area contributed by atoms with Gasteiger partial charge in [0.2, 0.25) is 0 Å². The van der Waals surface area contributed by atoms with Crippen LogP contribution in [0.15, 0.2) is 0 Å². The Morgan fingerprint density at radius 2 is 1.40 bits per heavy atom. The zero-order valence-electron chi connectivity index (χ0n) is 39.8. The van der Waals surface area contributed by atoms with Crippen molar-refractivity contribution in [3.63, 3.8) is 0 Å². The van der Waals surface area contributed by atoms with Gasteiger partial charge in [0.25, 0.3) is 0 Å². The van der Waals surface area contributed by atoms with Gasteiger partial charge in [0.05, 0.1) is 66.0 Å². The summed E-state index contributed by atoms with van der Waals surface area (Å²) in [5, 5.41) is 81.2. The van der Waals surface area contributed by atoms with Crippen molar-refractivity contribution in [2.75, 3.05) is 0 Å². The zero-order chi connectivity index (χ0) is 46.1. The fourth-order valence-corrected chi connectivity index (χ4v) is 12.7. The lowest BCUT2D eigenvalue weighted by Crippen LogP contribution is -2.63. The number of rotatable bonds is 13. The maximum atomic E-state index is 12.4. The van der Waals surface area contributed by atoms with Gasteiger partial charge in [-0.1, -0.05) is 55.4 Å². The Morgan fingerprint density at radius 3 is 2.05 bits per heavy atom. The molecule has 0 amide bonds. The summed E-state index contributed by atoms with van der Waals surface area (Å²) in [5.41, 5.74) is -3.01. The standard InChI is InChI=1S/C48H84O14/c1-13-38-43(10,53)18-17-39(58-38)44(11)23-30(7)48(56,62-44)45(12)19-16-35(59-45)41(50)47(55)29(6)21-26(3)37(61-47)24-46(54)28(5)14-15-34(60-46)31(8)33(49)22-36-25(2)20-27(4)40(57-36)32(9)42(51)52/h25-41,49-50,53-56H,13-24H2,1-12H3,(H,51,52)/t25-,26+,27+,28+,29-,30-,31+,32+,33+,34+,35+,36+,37+,38+,39+,40-,41-,43-,44+,45+,46-,47-,48-/m1/s1. The fourth-order valence-electron chi connectivity index (χ4n) is 12.7. The highest BCUT2D eigenvalue weighted by Crippen LogP contribution is 2.56. The molecule has 360 valence electrons. The van der Waals surface area contributed by atoms with Crippen LogP contribution in [0.4, 0.5) is 0 Å². The van der Waals surface area contributed by atoms with E-state index < -0.39 is 88.6 Å². The maximum Gasteiger partial charge on any atom is 0.308 e. The monoisotopic (exact) mass is 885 g/mol. The summed E-state index contributed by atoms with van der Waals surface area (Å²) >= 11 is 0. The van der Waals surface area contributed by atoms with Gasteiger partial charge in [-0.25, -0.2) is 0 Å². The van der Waals surface area contributed by atoms with Crippen molar-refractivity contribution in [3.8, 4) is 0 Å². The van der Waals surface area contributed by atoms with Crippen LogP contribution in [-0.2, 0) is 33.2 Å². The molecule has 14 nitrogen and oxygen atoms in total. The largest absolute Gasteiger partial charge is 0.481 e. The minimum absolute atomic E-state index is 0.0380. The average molecular weight is 885 g/mol. The van der Waals surface area contributed by atoms with Crippen LogP contribution in [0.1, 0.15) is 160 Å². The summed E-state index contributed by atoms with van der Waals surface area (Å²) < 4.78 is 39.2. The summed E-state index contributed by atoms with van der Waals surface area (Å²) in [5.74, 6) is -8.34. The Balaban J connectivity index is 1.10. The van der Waals surface area contributed by atoms with E-state index in [2.05, 4.69) is 6.92 Å². The van der Waals surface area contributed by atoms with Crippen LogP contribution >= 0.6 is 0 Å². The first-order chi connectivity index (χ1) is 28.6. The number of aliphatic hydroxyl groups excluding tert-OH is 2. The summed E-state index contributed by atoms with van der Waals surface area (Å²) in [7, 11) is 0. The Labute approximate surface area is 370 Å². The molecule has 6 aliphatic rings. The number of carboxylic acids is 1. The second-order valence-corrected chi connectivity index (χ2v) is 22.3. The minimum Gasteiger partial charge on any atom is -0.481 e. The molecular weight excluding hydrogens is 801 g/mol. The van der Waals surface area contributed by atoms with Crippen LogP contribution in [0.2, 0.25) is 0 Å². The normalized spacial score (nSPS) is 52.3. The molecule has 6 rings (SSSR count). The molecule has 6 saturated heterocycles. The van der Waals surface area contributed by atoms with E-state index in [1.165, 1.54) is 0 Å². The van der Waals surface area contributed by atoms with Gasteiger partial charge in [-0.2, -0.15) is 0 Å². The minimum atomic E-state index is -2.03. The molecular formula is C48H84O14. The third kappa shape index (κ3) is 9.31. The Morgan fingerprint density at radius 1 is 0.742 bits per heavy atom. The predicted molar refractivity (Wildman–Crippen MR) is 229 cm³/mol. The number of hydrogen-bond donors (Lipinski definition) is 7. The van der Waals surface area contributed by atoms with Crippen molar-refractivity contribution >= 4 is 5.97 Å². The van der Waals surface area contributed by atoms with Crippen LogP contribution in [0, 0.1) is 47.3 Å². The fraction of sp³-hybridized carbons (Fsp3) is 0.979. The van der Waals surface area contributed by atoms with E-state index >= 15 is 0 Å². The number of aliphatic carboxylic acids is 1. The number of aliphatic hydroxyl groups is 6. The van der Waals surface area contributed by atoms with E-state index in [1.807, 2.05) is 55.4 Å². The molecule has 6 aliphatic heterocycles. The van der Waals surface area contributed by atoms with Gasteiger partial charge in [-0.15, -0.1) is 0 Å². The number of ether oxygens (including phenoxy) is 6. The summed E-state index contributed by atoms with van der Waals surface area (Å²) in [4.78, 5) is 11.8. The summed E-state index contributed by atoms with van der Waals surface area (Å²) in [6, 6.07) is 0. The molecule has 23 atom stereocenters. The molecule has 0 bridgehead atoms. The van der Waals surface area contributed by atoms with Crippen molar-refractivity contribution in [2.45, 2.75) is 249 Å². The molecule has 62 heavy (non-hydrogen) atoms. The first kappa shape index (κ1) is 50.4. The van der Waals surface area contributed by atoms with Crippen LogP contribution in [0.25, 0.3) is 0 Å². The van der Waals surface area contributed by atoms with Gasteiger partial charge >= 0.3 is 5.97 Å². The first-order valence-electron chi connectivity index (χ1n) is 24.2. The molecule has 14 heteroatoms. The lowest BCUT2D eigenvalue weighted by molar-refractivity contribution is -0.373. The summed E-state index contributed by atoms with van der Waals surface area (Å²) in [6.45, 7) is 22.9. The van der Waals surface area contributed by atoms with Crippen molar-refractivity contribution in [3.05, 3.63) is 0 Å². The number of carboxylic acid groups (broad SMARTS) is 1. The smallest absolute Gasteiger partial charge is 0.308 e. The topological polar surface area (TPSA) is 214 Å². The lowest BCUT2D eigenvalue weighted by Gasteiger charge is -2.52. The maximum absolute atomic E-state index is 12.4. The van der Waals surface area contributed by atoms with Crippen molar-refractivity contribution in [1.82, 2.24) is 0 Å². The highest BCUT2D eigenvalue weighted by Gasteiger charge is 2.67. The van der Waals surface area contributed by atoms with Crippen LogP contribution in [-0.4, -0.2) is 131 Å². The quantitative estimate of drug-likeness (QED) is 0.119. The highest BCUT2D eigenvalue weighted by atomic mass is 16.7. The Kier molecular flexibility index (Phi) is 14.8. The number of hydrogen-bond acceptors (Lipinski definition) is 13. The van der Waals surface area contributed by atoms with E-state index in [4.69, 9.17) is 28.4 Å². The first-order valence-corrected chi connectivity index (χ1v) is 24.2. The van der Waals surface area contributed by atoms with Crippen molar-refractivity contribution < 1.29 is 69.0 Å². The SMILES string of the molecule is CC[C@@H]1O[C@H]([C@]2(C)C[C@@H](C)[C@](O)([C@]3(C)CC[C@@H]([C@@H](O)[C@]4(O)O[C@@H](C[C@@]5(O)O[C@H]([C@@H](C)[C@@H](O)C[C@@H]6O[C@@H]([C@H](C)C(=O)O)[C@@H](C)C[C@H]6C)CC[C@@H]5C)[C@@H](C)C[C@H]4C)O3)O2)CC[C@@]1(C)O. The molecule has 7 N–H and O–H groups in total. The molecule has 0 aliphatic carbocycles. The highest BCUT2D eigenvalue weighted by molar-refractivity contribution is 5.70. The van der Waals surface area contributed by atoms with E-state index in [9.17, 15) is 40.5 Å². The average Bonchev–Trinajstić information content (AvgIpc) is 3.72. The van der Waals surface area contributed by atoms with Crippen molar-refractivity contribution in [1.29, 1.82) is 0 Å². The summed E-state index contributed by atoms with van der Waals surface area (Å²) in [6.07, 6.45) is 0.0772.